The lowest BCUT2D eigenvalue weighted by Crippen LogP contribution is -2.36. The molecule has 1 aromatic carbocycles. The maximum Gasteiger partial charge on any atom is 0.0909 e. The third-order valence-corrected chi connectivity index (χ3v) is 8.65. The molecule has 0 unspecified atom stereocenters. The Labute approximate surface area is 139 Å². The van der Waals surface area contributed by atoms with Gasteiger partial charge < -0.3 is 0 Å². The highest BCUT2D eigenvalue weighted by Gasteiger charge is 2.46. The van der Waals surface area contributed by atoms with Gasteiger partial charge in [0.05, 0.1) is 19.1 Å². The predicted molar refractivity (Wildman–Crippen MR) is 92.1 cm³/mol. The van der Waals surface area contributed by atoms with Crippen molar-refractivity contribution in [3.05, 3.63) is 32.8 Å². The molecule has 1 saturated heterocycles. The van der Waals surface area contributed by atoms with Gasteiger partial charge in [-0.15, -0.1) is 23.5 Å². The lowest BCUT2D eigenvalue weighted by Gasteiger charge is -2.46. The lowest BCUT2D eigenvalue weighted by molar-refractivity contribution is 0.371. The molecule has 1 aromatic rings. The van der Waals surface area contributed by atoms with Gasteiger partial charge in [-0.3, -0.25) is 0 Å². The Bertz CT molecular complexity index is 451. The van der Waals surface area contributed by atoms with E-state index in [1.807, 2.05) is 35.7 Å². The maximum absolute atomic E-state index is 6.22. The Morgan fingerprint density at radius 1 is 1.00 bits per heavy atom. The molecule has 0 saturated carbocycles. The molecule has 0 aromatic heterocycles. The van der Waals surface area contributed by atoms with Gasteiger partial charge in [-0.05, 0) is 41.0 Å². The van der Waals surface area contributed by atoms with E-state index < -0.39 is 0 Å². The molecule has 19 heavy (non-hydrogen) atoms. The van der Waals surface area contributed by atoms with Crippen molar-refractivity contribution in [2.75, 3.05) is 11.5 Å². The smallest absolute Gasteiger partial charge is 0.0909 e. The van der Waals surface area contributed by atoms with Crippen molar-refractivity contribution in [3.63, 3.8) is 0 Å². The number of rotatable bonds is 1. The molecular formula is C14H17Cl3S2. The molecule has 0 N–H and O–H groups in total. The fourth-order valence-electron chi connectivity index (χ4n) is 2.31. The van der Waals surface area contributed by atoms with Crippen molar-refractivity contribution in [3.8, 4) is 0 Å². The number of benzene rings is 1. The molecule has 0 nitrogen and oxygen atoms in total. The summed E-state index contributed by atoms with van der Waals surface area (Å²) >= 11 is 22.5. The van der Waals surface area contributed by atoms with Crippen LogP contribution in [-0.2, 0) is 4.08 Å². The quantitative estimate of drug-likeness (QED) is 0.513. The van der Waals surface area contributed by atoms with Crippen molar-refractivity contribution < 1.29 is 0 Å². The summed E-state index contributed by atoms with van der Waals surface area (Å²) in [6.45, 7) is 6.82. The molecule has 0 aliphatic carbocycles. The number of halogens is 3. The zero-order chi connectivity index (χ0) is 14.3. The number of hydrogen-bond acceptors (Lipinski definition) is 2. The van der Waals surface area contributed by atoms with E-state index in [0.29, 0.717) is 15.1 Å². The van der Waals surface area contributed by atoms with Crippen molar-refractivity contribution in [1.82, 2.24) is 0 Å². The second kappa shape index (κ2) is 5.88. The fourth-order valence-corrected chi connectivity index (χ4v) is 6.51. The minimum atomic E-state index is -0.0108. The summed E-state index contributed by atoms with van der Waals surface area (Å²) < 4.78 is -0.0108. The molecule has 1 fully saturated rings. The molecule has 5 heteroatoms. The van der Waals surface area contributed by atoms with Crippen molar-refractivity contribution >= 4 is 58.3 Å². The van der Waals surface area contributed by atoms with E-state index in [0.717, 1.165) is 0 Å². The monoisotopic (exact) mass is 354 g/mol. The molecule has 106 valence electrons. The highest BCUT2D eigenvalue weighted by molar-refractivity contribution is 8.18. The topological polar surface area (TPSA) is 0 Å². The first kappa shape index (κ1) is 16.2. The first-order chi connectivity index (χ1) is 8.78. The Morgan fingerprint density at radius 3 is 1.89 bits per heavy atom. The summed E-state index contributed by atoms with van der Waals surface area (Å²) in [5, 5.41) is 1.53. The van der Waals surface area contributed by atoms with E-state index in [4.69, 9.17) is 34.8 Å². The maximum atomic E-state index is 6.22. The van der Waals surface area contributed by atoms with E-state index in [1.54, 1.807) is 0 Å². The second-order valence-corrected chi connectivity index (χ2v) is 9.74. The average molecular weight is 356 g/mol. The number of hydrogen-bond donors (Lipinski definition) is 0. The van der Waals surface area contributed by atoms with Gasteiger partial charge in [-0.25, -0.2) is 0 Å². The van der Waals surface area contributed by atoms with Crippen molar-refractivity contribution in [1.29, 1.82) is 0 Å². The SMILES string of the molecule is CC(C)(C)C1(c2cc(Cl)c(Cl)c(Cl)c2)SCCCS1. The highest BCUT2D eigenvalue weighted by Crippen LogP contribution is 2.61. The summed E-state index contributed by atoms with van der Waals surface area (Å²) in [6, 6.07) is 3.96. The zero-order valence-corrected chi connectivity index (χ0v) is 15.1. The largest absolute Gasteiger partial charge is 0.139 e. The normalized spacial score (nSPS) is 19.5. The van der Waals surface area contributed by atoms with Crippen LogP contribution < -0.4 is 0 Å². The molecule has 0 atom stereocenters. The highest BCUT2D eigenvalue weighted by atomic mass is 35.5. The summed E-state index contributed by atoms with van der Waals surface area (Å²) in [5.41, 5.74) is 1.29. The van der Waals surface area contributed by atoms with Gasteiger partial charge in [0.2, 0.25) is 0 Å². The molecule has 1 aliphatic rings. The Hall–Kier alpha value is 0.790. The molecule has 2 rings (SSSR count). The van der Waals surface area contributed by atoms with Crippen LogP contribution >= 0.6 is 58.3 Å². The van der Waals surface area contributed by atoms with Gasteiger partial charge in [0.1, 0.15) is 0 Å². The van der Waals surface area contributed by atoms with Crippen LogP contribution in [0.2, 0.25) is 15.1 Å². The van der Waals surface area contributed by atoms with E-state index in [1.165, 1.54) is 23.5 Å². The number of thioether (sulfide) groups is 2. The van der Waals surface area contributed by atoms with Gasteiger partial charge >= 0.3 is 0 Å². The summed E-state index contributed by atoms with van der Waals surface area (Å²) in [7, 11) is 0. The first-order valence-electron chi connectivity index (χ1n) is 6.21. The molecule has 0 radical (unpaired) electrons. The molecule has 1 heterocycles. The fraction of sp³-hybridized carbons (Fsp3) is 0.571. The minimum absolute atomic E-state index is 0.0108. The van der Waals surface area contributed by atoms with Crippen LogP contribution in [0.3, 0.4) is 0 Å². The van der Waals surface area contributed by atoms with Crippen LogP contribution in [0.4, 0.5) is 0 Å². The molecule has 0 spiro atoms. The van der Waals surface area contributed by atoms with Gasteiger partial charge in [0, 0.05) is 0 Å². The summed E-state index contributed by atoms with van der Waals surface area (Å²) in [6.07, 6.45) is 1.25. The molecular weight excluding hydrogens is 339 g/mol. The minimum Gasteiger partial charge on any atom is -0.139 e. The predicted octanol–water partition coefficient (Wildman–Crippen LogP) is 6.72. The van der Waals surface area contributed by atoms with E-state index in [2.05, 4.69) is 20.8 Å². The van der Waals surface area contributed by atoms with E-state index in [-0.39, 0.29) is 9.49 Å². The lowest BCUT2D eigenvalue weighted by atomic mass is 9.86. The third-order valence-electron chi connectivity index (χ3n) is 3.25. The third kappa shape index (κ3) is 3.03. The van der Waals surface area contributed by atoms with Crippen LogP contribution in [0.25, 0.3) is 0 Å². The summed E-state index contributed by atoms with van der Waals surface area (Å²) in [5.74, 6) is 2.34. The van der Waals surface area contributed by atoms with Crippen LogP contribution in [0.1, 0.15) is 32.8 Å². The second-order valence-electron chi connectivity index (χ2n) is 5.67. The summed E-state index contributed by atoms with van der Waals surface area (Å²) in [4.78, 5) is 0. The molecule has 0 bridgehead atoms. The molecule has 0 amide bonds. The van der Waals surface area contributed by atoms with Gasteiger partial charge in [0.15, 0.2) is 0 Å². The Balaban J connectivity index is 2.56. The average Bonchev–Trinajstić information content (AvgIpc) is 2.35. The van der Waals surface area contributed by atoms with Gasteiger partial charge in [0.25, 0.3) is 0 Å². The van der Waals surface area contributed by atoms with E-state index >= 15 is 0 Å². The first-order valence-corrected chi connectivity index (χ1v) is 9.31. The Morgan fingerprint density at radius 2 is 1.47 bits per heavy atom. The van der Waals surface area contributed by atoms with Crippen LogP contribution in [-0.4, -0.2) is 11.5 Å². The van der Waals surface area contributed by atoms with Crippen LogP contribution in [0, 0.1) is 5.41 Å². The zero-order valence-electron chi connectivity index (χ0n) is 11.2. The van der Waals surface area contributed by atoms with Crippen molar-refractivity contribution in [2.24, 2.45) is 5.41 Å². The van der Waals surface area contributed by atoms with Gasteiger partial charge in [-0.1, -0.05) is 55.6 Å². The van der Waals surface area contributed by atoms with Gasteiger partial charge in [-0.2, -0.15) is 0 Å². The Kier molecular flexibility index (Phi) is 5.01. The van der Waals surface area contributed by atoms with Crippen molar-refractivity contribution in [2.45, 2.75) is 31.3 Å². The van der Waals surface area contributed by atoms with E-state index in [9.17, 15) is 0 Å². The van der Waals surface area contributed by atoms with Crippen LogP contribution in [0.15, 0.2) is 12.1 Å². The molecule has 1 aliphatic heterocycles. The van der Waals surface area contributed by atoms with Crippen LogP contribution in [0.5, 0.6) is 0 Å². The standard InChI is InChI=1S/C14H17Cl3S2/c1-13(2,3)14(18-5-4-6-19-14)9-7-10(15)12(17)11(16)8-9/h7-8H,4-6H2,1-3H3.